The van der Waals surface area contributed by atoms with Crippen molar-refractivity contribution in [2.75, 3.05) is 19.8 Å². The molecule has 0 spiro atoms. The van der Waals surface area contributed by atoms with E-state index in [1.165, 1.54) is 0 Å². The van der Waals surface area contributed by atoms with Crippen LogP contribution >= 0.6 is 0 Å². The molecule has 3 heteroatoms. The minimum atomic E-state index is 0.509. The topological polar surface area (TPSA) is 35.5 Å². The van der Waals surface area contributed by atoms with Crippen molar-refractivity contribution < 1.29 is 14.3 Å². The highest BCUT2D eigenvalue weighted by Crippen LogP contribution is 2.11. The van der Waals surface area contributed by atoms with Crippen molar-refractivity contribution in [3.8, 4) is 5.75 Å². The molecule has 0 aromatic heterocycles. The van der Waals surface area contributed by atoms with Gasteiger partial charge in [-0.15, -0.1) is 0 Å². The second kappa shape index (κ2) is 7.01. The summed E-state index contributed by atoms with van der Waals surface area (Å²) in [7, 11) is 0. The third-order valence-electron chi connectivity index (χ3n) is 1.94. The van der Waals surface area contributed by atoms with E-state index in [9.17, 15) is 4.79 Å². The first kappa shape index (κ1) is 12.7. The number of rotatable bonds is 7. The van der Waals surface area contributed by atoms with E-state index >= 15 is 0 Å². The van der Waals surface area contributed by atoms with Crippen molar-refractivity contribution in [2.24, 2.45) is 5.92 Å². The molecule has 1 rings (SSSR count). The predicted octanol–water partition coefficient (Wildman–Crippen LogP) is 2.55. The maximum absolute atomic E-state index is 10.5. The lowest BCUT2D eigenvalue weighted by Gasteiger charge is -2.08. The fourth-order valence-corrected chi connectivity index (χ4v) is 1.22. The summed E-state index contributed by atoms with van der Waals surface area (Å²) in [5.74, 6) is 1.25. The van der Waals surface area contributed by atoms with Crippen LogP contribution in [0.2, 0.25) is 0 Å². The van der Waals surface area contributed by atoms with Gasteiger partial charge in [0.25, 0.3) is 0 Å². The second-order valence-electron chi connectivity index (χ2n) is 4.01. The van der Waals surface area contributed by atoms with Gasteiger partial charge in [-0.2, -0.15) is 0 Å². The lowest BCUT2D eigenvalue weighted by Crippen LogP contribution is -2.10. The van der Waals surface area contributed by atoms with Crippen LogP contribution in [0.3, 0.4) is 0 Å². The Morgan fingerprint density at radius 1 is 1.31 bits per heavy atom. The molecule has 0 radical (unpaired) electrons. The zero-order valence-electron chi connectivity index (χ0n) is 9.81. The molecule has 0 fully saturated rings. The third-order valence-corrected chi connectivity index (χ3v) is 1.94. The highest BCUT2D eigenvalue weighted by molar-refractivity contribution is 5.75. The lowest BCUT2D eigenvalue weighted by molar-refractivity contribution is 0.0818. The van der Waals surface area contributed by atoms with Crippen molar-refractivity contribution in [2.45, 2.75) is 13.8 Å². The molecule has 0 N–H and O–H groups in total. The summed E-state index contributed by atoms with van der Waals surface area (Å²) in [4.78, 5) is 10.5. The Morgan fingerprint density at radius 3 is 2.81 bits per heavy atom. The minimum absolute atomic E-state index is 0.509. The summed E-state index contributed by atoms with van der Waals surface area (Å²) in [6.45, 7) is 6.04. The Kier molecular flexibility index (Phi) is 5.57. The normalized spacial score (nSPS) is 10.4. The molecule has 0 saturated heterocycles. The first-order chi connectivity index (χ1) is 7.72. The summed E-state index contributed by atoms with van der Waals surface area (Å²) < 4.78 is 10.8. The fourth-order valence-electron chi connectivity index (χ4n) is 1.22. The van der Waals surface area contributed by atoms with Crippen LogP contribution in [0.1, 0.15) is 24.2 Å². The van der Waals surface area contributed by atoms with E-state index in [1.54, 1.807) is 18.2 Å². The number of aldehydes is 1. The first-order valence-electron chi connectivity index (χ1n) is 5.48. The molecule has 0 atom stereocenters. The Bertz CT molecular complexity index is 321. The van der Waals surface area contributed by atoms with Crippen LogP contribution in [-0.4, -0.2) is 26.1 Å². The lowest BCUT2D eigenvalue weighted by atomic mass is 10.2. The van der Waals surface area contributed by atoms with Gasteiger partial charge in [0.1, 0.15) is 18.6 Å². The SMILES string of the molecule is CC(C)COCCOc1cccc(C=O)c1. The quantitative estimate of drug-likeness (QED) is 0.525. The molecule has 0 saturated carbocycles. The molecule has 0 heterocycles. The van der Waals surface area contributed by atoms with Crippen molar-refractivity contribution in [1.29, 1.82) is 0 Å². The molecule has 88 valence electrons. The molecule has 0 aliphatic rings. The summed E-state index contributed by atoms with van der Waals surface area (Å²) in [5.41, 5.74) is 0.626. The molecule has 1 aromatic rings. The van der Waals surface area contributed by atoms with E-state index < -0.39 is 0 Å². The Morgan fingerprint density at radius 2 is 2.12 bits per heavy atom. The van der Waals surface area contributed by atoms with E-state index in [-0.39, 0.29) is 0 Å². The maximum Gasteiger partial charge on any atom is 0.150 e. The standard InChI is InChI=1S/C13H18O3/c1-11(2)10-15-6-7-16-13-5-3-4-12(8-13)9-14/h3-5,8-9,11H,6-7,10H2,1-2H3. The third kappa shape index (κ3) is 4.94. The van der Waals surface area contributed by atoms with Crippen LogP contribution < -0.4 is 4.74 Å². The summed E-state index contributed by atoms with van der Waals surface area (Å²) in [5, 5.41) is 0. The first-order valence-corrected chi connectivity index (χ1v) is 5.48. The van der Waals surface area contributed by atoms with Crippen LogP contribution in [0.4, 0.5) is 0 Å². The number of hydrogen-bond donors (Lipinski definition) is 0. The molecule has 0 amide bonds. The smallest absolute Gasteiger partial charge is 0.150 e. The highest BCUT2D eigenvalue weighted by Gasteiger charge is 1.97. The summed E-state index contributed by atoms with van der Waals surface area (Å²) in [6.07, 6.45) is 0.808. The van der Waals surface area contributed by atoms with E-state index in [4.69, 9.17) is 9.47 Å². The van der Waals surface area contributed by atoms with Crippen molar-refractivity contribution in [1.82, 2.24) is 0 Å². The van der Waals surface area contributed by atoms with E-state index in [0.717, 1.165) is 12.9 Å². The minimum Gasteiger partial charge on any atom is -0.491 e. The van der Waals surface area contributed by atoms with Crippen LogP contribution in [0.15, 0.2) is 24.3 Å². The van der Waals surface area contributed by atoms with Gasteiger partial charge >= 0.3 is 0 Å². The molecule has 0 aliphatic carbocycles. The van der Waals surface area contributed by atoms with Gasteiger partial charge < -0.3 is 9.47 Å². The number of carbonyl (C=O) groups excluding carboxylic acids is 1. The molecule has 16 heavy (non-hydrogen) atoms. The monoisotopic (exact) mass is 222 g/mol. The Balaban J connectivity index is 2.23. The average molecular weight is 222 g/mol. The number of ether oxygens (including phenoxy) is 2. The van der Waals surface area contributed by atoms with E-state index in [1.807, 2.05) is 6.07 Å². The Hall–Kier alpha value is -1.35. The van der Waals surface area contributed by atoms with Gasteiger partial charge in [0.05, 0.1) is 6.61 Å². The Labute approximate surface area is 96.4 Å². The predicted molar refractivity (Wildman–Crippen MR) is 63.0 cm³/mol. The zero-order chi connectivity index (χ0) is 11.8. The van der Waals surface area contributed by atoms with E-state index in [2.05, 4.69) is 13.8 Å². The van der Waals surface area contributed by atoms with Crippen LogP contribution in [-0.2, 0) is 4.74 Å². The van der Waals surface area contributed by atoms with Gasteiger partial charge in [-0.1, -0.05) is 26.0 Å². The van der Waals surface area contributed by atoms with Gasteiger partial charge in [-0.3, -0.25) is 4.79 Å². The average Bonchev–Trinajstić information content (AvgIpc) is 2.28. The number of hydrogen-bond acceptors (Lipinski definition) is 3. The van der Waals surface area contributed by atoms with Gasteiger partial charge in [0.15, 0.2) is 0 Å². The van der Waals surface area contributed by atoms with Crippen LogP contribution in [0.25, 0.3) is 0 Å². The van der Waals surface area contributed by atoms with Gasteiger partial charge in [-0.05, 0) is 18.1 Å². The van der Waals surface area contributed by atoms with Crippen molar-refractivity contribution in [3.05, 3.63) is 29.8 Å². The molecule has 0 unspecified atom stereocenters. The van der Waals surface area contributed by atoms with Gasteiger partial charge in [0.2, 0.25) is 0 Å². The molecular weight excluding hydrogens is 204 g/mol. The summed E-state index contributed by atoms with van der Waals surface area (Å²) >= 11 is 0. The van der Waals surface area contributed by atoms with Crippen molar-refractivity contribution >= 4 is 6.29 Å². The molecular formula is C13H18O3. The van der Waals surface area contributed by atoms with Crippen LogP contribution in [0.5, 0.6) is 5.75 Å². The summed E-state index contributed by atoms with van der Waals surface area (Å²) in [6, 6.07) is 7.09. The van der Waals surface area contributed by atoms with Gasteiger partial charge in [-0.25, -0.2) is 0 Å². The molecule has 0 bridgehead atoms. The largest absolute Gasteiger partial charge is 0.491 e. The zero-order valence-corrected chi connectivity index (χ0v) is 9.81. The number of benzene rings is 1. The van der Waals surface area contributed by atoms with Crippen LogP contribution in [0, 0.1) is 5.92 Å². The molecule has 0 aliphatic heterocycles. The highest BCUT2D eigenvalue weighted by atomic mass is 16.5. The maximum atomic E-state index is 10.5. The second-order valence-corrected chi connectivity index (χ2v) is 4.01. The molecule has 1 aromatic carbocycles. The van der Waals surface area contributed by atoms with Crippen molar-refractivity contribution in [3.63, 3.8) is 0 Å². The fraction of sp³-hybridized carbons (Fsp3) is 0.462. The van der Waals surface area contributed by atoms with E-state index in [0.29, 0.717) is 30.4 Å². The molecule has 3 nitrogen and oxygen atoms in total. The van der Waals surface area contributed by atoms with Gasteiger partial charge in [0, 0.05) is 12.2 Å². The number of carbonyl (C=O) groups is 1.